The van der Waals surface area contributed by atoms with Gasteiger partial charge in [-0.1, -0.05) is 32.4 Å². The van der Waals surface area contributed by atoms with Crippen molar-refractivity contribution in [3.63, 3.8) is 0 Å². The van der Waals surface area contributed by atoms with Crippen LogP contribution < -0.4 is 0 Å². The molecule has 24 heavy (non-hydrogen) atoms. The maximum Gasteiger partial charge on any atom is 0.317 e. The third-order valence-corrected chi connectivity index (χ3v) is 6.89. The topological polar surface area (TPSA) is 82.2 Å². The van der Waals surface area contributed by atoms with Gasteiger partial charge in [-0.2, -0.15) is 0 Å². The number of hydrogen-bond donors (Lipinski definition) is 0. The molecule has 3 fully saturated rings. The van der Waals surface area contributed by atoms with E-state index in [1.807, 2.05) is 26.8 Å². The van der Waals surface area contributed by atoms with Gasteiger partial charge in [-0.25, -0.2) is 0 Å². The summed E-state index contributed by atoms with van der Waals surface area (Å²) in [5.74, 6) is -1.74. The summed E-state index contributed by atoms with van der Waals surface area (Å²) in [7, 11) is 2.57. The lowest BCUT2D eigenvalue weighted by Crippen LogP contribution is -2.42. The van der Waals surface area contributed by atoms with Gasteiger partial charge in [0.2, 0.25) is 0 Å². The van der Waals surface area contributed by atoms with Crippen molar-refractivity contribution >= 4 is 17.7 Å². The number of ether oxygens (including phenoxy) is 3. The molecule has 4 rings (SSSR count). The van der Waals surface area contributed by atoms with Crippen LogP contribution in [0.2, 0.25) is 0 Å². The lowest BCUT2D eigenvalue weighted by Gasteiger charge is -2.31. The van der Waals surface area contributed by atoms with Crippen LogP contribution in [0.1, 0.15) is 27.7 Å². The van der Waals surface area contributed by atoms with Gasteiger partial charge in [0.25, 0.3) is 0 Å². The minimum Gasteiger partial charge on any atom is -0.469 e. The molecular formula is C18H22O6. The Morgan fingerprint density at radius 3 is 2.17 bits per heavy atom. The lowest BCUT2D eigenvalue weighted by molar-refractivity contribution is -0.157. The van der Waals surface area contributed by atoms with E-state index in [0.29, 0.717) is 0 Å². The number of hydrogen-bond acceptors (Lipinski definition) is 6. The van der Waals surface area contributed by atoms with Gasteiger partial charge in [0, 0.05) is 5.92 Å². The Morgan fingerprint density at radius 1 is 1.21 bits per heavy atom. The van der Waals surface area contributed by atoms with Crippen molar-refractivity contribution < 1.29 is 28.6 Å². The van der Waals surface area contributed by atoms with E-state index in [0.717, 1.165) is 5.57 Å². The van der Waals surface area contributed by atoms with Crippen molar-refractivity contribution in [2.24, 2.45) is 27.6 Å². The molecule has 130 valence electrons. The number of Topliss-reactive ketones (excluding diaryl/α,β-unsaturated/α-hetero) is 1. The Hall–Kier alpha value is -1.69. The van der Waals surface area contributed by atoms with E-state index in [9.17, 15) is 14.4 Å². The van der Waals surface area contributed by atoms with Crippen LogP contribution in [0.15, 0.2) is 11.6 Å². The molecule has 3 aliphatic carbocycles. The van der Waals surface area contributed by atoms with E-state index >= 15 is 0 Å². The summed E-state index contributed by atoms with van der Waals surface area (Å²) < 4.78 is 15.7. The Labute approximate surface area is 140 Å². The second-order valence-electron chi connectivity index (χ2n) is 8.51. The monoisotopic (exact) mass is 334 g/mol. The van der Waals surface area contributed by atoms with E-state index in [4.69, 9.17) is 14.2 Å². The smallest absolute Gasteiger partial charge is 0.317 e. The van der Waals surface area contributed by atoms with Crippen LogP contribution in [-0.4, -0.2) is 44.1 Å². The Balaban J connectivity index is 2.05. The molecule has 1 spiro atoms. The van der Waals surface area contributed by atoms with Crippen molar-refractivity contribution in [2.75, 3.05) is 20.8 Å². The van der Waals surface area contributed by atoms with E-state index in [-0.39, 0.29) is 17.8 Å². The fraction of sp³-hybridized carbons (Fsp3) is 0.722. The van der Waals surface area contributed by atoms with Gasteiger partial charge in [0.15, 0.2) is 11.4 Å². The van der Waals surface area contributed by atoms with Gasteiger partial charge in [0.1, 0.15) is 10.8 Å². The summed E-state index contributed by atoms with van der Waals surface area (Å²) in [6.07, 6.45) is 1.81. The zero-order chi connectivity index (χ0) is 17.9. The second kappa shape index (κ2) is 3.77. The van der Waals surface area contributed by atoms with Crippen LogP contribution in [0.3, 0.4) is 0 Å². The molecule has 1 aliphatic heterocycles. The summed E-state index contributed by atoms with van der Waals surface area (Å²) in [4.78, 5) is 39.0. The molecule has 0 bridgehead atoms. The van der Waals surface area contributed by atoms with Crippen LogP contribution >= 0.6 is 0 Å². The van der Waals surface area contributed by atoms with E-state index in [1.54, 1.807) is 6.92 Å². The third-order valence-electron chi connectivity index (χ3n) is 6.89. The minimum absolute atomic E-state index is 0.175. The number of epoxide rings is 1. The molecule has 6 heteroatoms. The number of carbonyl (C=O) groups is 3. The third kappa shape index (κ3) is 1.09. The molecule has 0 N–H and O–H groups in total. The van der Waals surface area contributed by atoms with Gasteiger partial charge < -0.3 is 14.2 Å². The first-order valence-electron chi connectivity index (χ1n) is 8.13. The number of methoxy groups -OCH3 is 2. The zero-order valence-corrected chi connectivity index (χ0v) is 14.8. The summed E-state index contributed by atoms with van der Waals surface area (Å²) in [5, 5.41) is 0. The number of esters is 2. The predicted octanol–water partition coefficient (Wildman–Crippen LogP) is 1.28. The highest BCUT2D eigenvalue weighted by atomic mass is 16.6. The summed E-state index contributed by atoms with van der Waals surface area (Å²) >= 11 is 0. The van der Waals surface area contributed by atoms with Gasteiger partial charge in [-0.05, 0) is 12.3 Å². The maximum absolute atomic E-state index is 13.3. The summed E-state index contributed by atoms with van der Waals surface area (Å²) in [5.41, 5.74) is -4.11. The molecule has 0 radical (unpaired) electrons. The predicted molar refractivity (Wildman–Crippen MR) is 81.7 cm³/mol. The first-order valence-corrected chi connectivity index (χ1v) is 8.13. The first kappa shape index (κ1) is 15.8. The molecule has 1 heterocycles. The fourth-order valence-corrected chi connectivity index (χ4v) is 5.87. The quantitative estimate of drug-likeness (QED) is 0.430. The van der Waals surface area contributed by atoms with Crippen LogP contribution in [0, 0.1) is 27.6 Å². The fourth-order valence-electron chi connectivity index (χ4n) is 5.87. The second-order valence-corrected chi connectivity index (χ2v) is 8.51. The van der Waals surface area contributed by atoms with Crippen molar-refractivity contribution in [3.8, 4) is 0 Å². The largest absolute Gasteiger partial charge is 0.469 e. The van der Waals surface area contributed by atoms with Crippen LogP contribution in [-0.2, 0) is 28.6 Å². The molecule has 1 saturated heterocycles. The Bertz CT molecular complexity index is 739. The van der Waals surface area contributed by atoms with Gasteiger partial charge in [-0.3, -0.25) is 14.4 Å². The molecule has 0 aromatic rings. The number of carbonyl (C=O) groups excluding carboxylic acids is 3. The van der Waals surface area contributed by atoms with E-state index in [1.165, 1.54) is 14.2 Å². The maximum atomic E-state index is 13.3. The number of ketones is 1. The molecule has 0 aromatic heterocycles. The summed E-state index contributed by atoms with van der Waals surface area (Å²) in [6.45, 7) is 8.00. The molecule has 4 unspecified atom stereocenters. The van der Waals surface area contributed by atoms with Gasteiger partial charge in [0.05, 0.1) is 26.2 Å². The van der Waals surface area contributed by atoms with Gasteiger partial charge in [-0.15, -0.1) is 0 Å². The minimum atomic E-state index is -1.29. The lowest BCUT2D eigenvalue weighted by atomic mass is 9.71. The van der Waals surface area contributed by atoms with E-state index < -0.39 is 39.7 Å². The average Bonchev–Trinajstić information content (AvgIpc) is 3.35. The summed E-state index contributed by atoms with van der Waals surface area (Å²) in [6, 6.07) is 0. The highest BCUT2D eigenvalue weighted by molar-refractivity contribution is 6.19. The van der Waals surface area contributed by atoms with E-state index in [2.05, 4.69) is 0 Å². The number of rotatable bonds is 2. The van der Waals surface area contributed by atoms with Crippen LogP contribution in [0.5, 0.6) is 0 Å². The highest BCUT2D eigenvalue weighted by Crippen LogP contribution is 2.94. The first-order chi connectivity index (χ1) is 11.0. The number of fused-ring (bicyclic) bond motifs is 2. The van der Waals surface area contributed by atoms with Crippen LogP contribution in [0.25, 0.3) is 0 Å². The Kier molecular flexibility index (Phi) is 2.48. The molecule has 5 atom stereocenters. The Morgan fingerprint density at radius 2 is 1.75 bits per heavy atom. The highest BCUT2D eigenvalue weighted by Gasteiger charge is 3.07. The average molecular weight is 334 g/mol. The molecule has 0 amide bonds. The van der Waals surface area contributed by atoms with Crippen molar-refractivity contribution in [1.29, 1.82) is 0 Å². The van der Waals surface area contributed by atoms with Crippen molar-refractivity contribution in [3.05, 3.63) is 11.6 Å². The molecule has 6 nitrogen and oxygen atoms in total. The molecule has 0 aromatic carbocycles. The van der Waals surface area contributed by atoms with Gasteiger partial charge >= 0.3 is 11.9 Å². The van der Waals surface area contributed by atoms with Crippen molar-refractivity contribution in [2.45, 2.75) is 33.3 Å². The molecule has 2 saturated carbocycles. The van der Waals surface area contributed by atoms with Crippen LogP contribution in [0.4, 0.5) is 0 Å². The van der Waals surface area contributed by atoms with Crippen molar-refractivity contribution in [1.82, 2.24) is 0 Å². The normalized spacial score (nSPS) is 47.3. The molecule has 4 aliphatic rings. The SMILES string of the molecule is COC(=O)C12C=C(C(C)(C)C)C3C1(C(=O)OC)C2(C)C(=O)[C@]31CO1. The standard InChI is InChI=1S/C18H22O6/c1-14(2,3)9-7-17(12(20)22-5)15(4)11(19)16(8-24-16)10(9)18(15,17)13(21)23-6/h7,10H,8H2,1-6H3/t10?,15?,16-,17?,18?/m0/s1. The molecular weight excluding hydrogens is 312 g/mol. The zero-order valence-electron chi connectivity index (χ0n) is 14.8.